The molecule has 1 saturated heterocycles. The summed E-state index contributed by atoms with van der Waals surface area (Å²) in [6, 6.07) is 0.126. The molecule has 0 aromatic heterocycles. The van der Waals surface area contributed by atoms with Gasteiger partial charge in [-0.2, -0.15) is 4.31 Å². The predicted molar refractivity (Wildman–Crippen MR) is 68.7 cm³/mol. The Kier molecular flexibility index (Phi) is 5.55. The maximum atomic E-state index is 12.2. The van der Waals surface area contributed by atoms with E-state index in [-0.39, 0.29) is 30.2 Å². The topological polar surface area (TPSA) is 75.7 Å². The van der Waals surface area contributed by atoms with Crippen molar-refractivity contribution >= 4 is 16.0 Å². The van der Waals surface area contributed by atoms with Crippen molar-refractivity contribution in [2.24, 2.45) is 0 Å². The minimum atomic E-state index is -3.28. The summed E-state index contributed by atoms with van der Waals surface area (Å²) in [4.78, 5) is 10.9. The van der Waals surface area contributed by atoms with E-state index < -0.39 is 10.0 Å². The molecule has 0 radical (unpaired) electrons. The number of piperazine rings is 1. The number of nitrogens with one attached hydrogen (secondary N) is 1. The third-order valence-corrected chi connectivity index (χ3v) is 5.10. The van der Waals surface area contributed by atoms with E-state index >= 15 is 0 Å². The first kappa shape index (κ1) is 15.4. The van der Waals surface area contributed by atoms with Crippen molar-refractivity contribution in [3.8, 4) is 0 Å². The quantitative estimate of drug-likeness (QED) is 0.714. The Morgan fingerprint density at radius 1 is 1.44 bits per heavy atom. The number of ether oxygens (including phenoxy) is 1. The van der Waals surface area contributed by atoms with Gasteiger partial charge in [-0.1, -0.05) is 0 Å². The van der Waals surface area contributed by atoms with E-state index in [1.165, 1.54) is 11.4 Å². The summed E-state index contributed by atoms with van der Waals surface area (Å²) in [6.45, 7) is 5.00. The first-order valence-electron chi connectivity index (χ1n) is 6.16. The maximum Gasteiger partial charge on any atom is 0.305 e. The average molecular weight is 278 g/mol. The van der Waals surface area contributed by atoms with Crippen molar-refractivity contribution in [1.29, 1.82) is 0 Å². The Hall–Kier alpha value is -0.660. The first-order valence-corrected chi connectivity index (χ1v) is 7.77. The third-order valence-electron chi connectivity index (χ3n) is 3.08. The van der Waals surface area contributed by atoms with E-state index in [1.54, 1.807) is 0 Å². The van der Waals surface area contributed by atoms with Crippen LogP contribution in [0.3, 0.4) is 0 Å². The second-order valence-corrected chi connectivity index (χ2v) is 6.76. The van der Waals surface area contributed by atoms with Crippen LogP contribution in [-0.4, -0.2) is 56.7 Å². The lowest BCUT2D eigenvalue weighted by Crippen LogP contribution is -2.56. The zero-order valence-electron chi connectivity index (χ0n) is 11.2. The molecular weight excluding hydrogens is 256 g/mol. The van der Waals surface area contributed by atoms with Crippen LogP contribution in [0.1, 0.15) is 26.7 Å². The number of rotatable bonds is 5. The van der Waals surface area contributed by atoms with E-state index in [9.17, 15) is 13.2 Å². The molecule has 6 nitrogen and oxygen atoms in total. The summed E-state index contributed by atoms with van der Waals surface area (Å²) in [5.41, 5.74) is 0. The van der Waals surface area contributed by atoms with Crippen LogP contribution in [0.5, 0.6) is 0 Å². The molecule has 0 amide bonds. The van der Waals surface area contributed by atoms with Gasteiger partial charge >= 0.3 is 5.97 Å². The average Bonchev–Trinajstić information content (AvgIpc) is 2.31. The van der Waals surface area contributed by atoms with Crippen LogP contribution in [-0.2, 0) is 19.6 Å². The fraction of sp³-hybridized carbons (Fsp3) is 0.909. The van der Waals surface area contributed by atoms with Crippen LogP contribution in [0.2, 0.25) is 0 Å². The molecular formula is C11H22N2O4S. The van der Waals surface area contributed by atoms with Gasteiger partial charge in [0.15, 0.2) is 0 Å². The van der Waals surface area contributed by atoms with Gasteiger partial charge in [-0.3, -0.25) is 4.79 Å². The Labute approximate surface area is 109 Å². The van der Waals surface area contributed by atoms with Gasteiger partial charge in [-0.05, 0) is 20.3 Å². The molecule has 1 N–H and O–H groups in total. The van der Waals surface area contributed by atoms with Gasteiger partial charge in [0, 0.05) is 31.6 Å². The van der Waals surface area contributed by atoms with E-state index in [4.69, 9.17) is 0 Å². The molecule has 18 heavy (non-hydrogen) atoms. The summed E-state index contributed by atoms with van der Waals surface area (Å²) in [6.07, 6.45) is 0.450. The summed E-state index contributed by atoms with van der Waals surface area (Å²) >= 11 is 0. The lowest BCUT2D eigenvalue weighted by atomic mass is 10.2. The molecule has 0 aromatic rings. The lowest BCUT2D eigenvalue weighted by molar-refractivity contribution is -0.140. The number of hydrogen-bond donors (Lipinski definition) is 1. The zero-order chi connectivity index (χ0) is 13.8. The molecule has 0 aromatic carbocycles. The standard InChI is InChI=1S/C11H22N2O4S/c1-9-8-13(10(2)7-12-9)18(15,16)6-4-5-11(14)17-3/h9-10,12H,4-8H2,1-3H3. The molecule has 2 unspecified atom stereocenters. The fourth-order valence-corrected chi connectivity index (χ4v) is 3.81. The molecule has 2 atom stereocenters. The molecule has 0 bridgehead atoms. The molecule has 0 spiro atoms. The molecule has 0 aliphatic carbocycles. The highest BCUT2D eigenvalue weighted by Gasteiger charge is 2.31. The van der Waals surface area contributed by atoms with Gasteiger partial charge in [0.25, 0.3) is 0 Å². The monoisotopic (exact) mass is 278 g/mol. The third kappa shape index (κ3) is 4.22. The van der Waals surface area contributed by atoms with Crippen LogP contribution < -0.4 is 5.32 Å². The van der Waals surface area contributed by atoms with Crippen molar-refractivity contribution in [1.82, 2.24) is 9.62 Å². The van der Waals surface area contributed by atoms with Gasteiger partial charge in [-0.15, -0.1) is 0 Å². The Balaban J connectivity index is 2.54. The highest BCUT2D eigenvalue weighted by Crippen LogP contribution is 2.14. The van der Waals surface area contributed by atoms with Crippen molar-refractivity contribution in [3.05, 3.63) is 0 Å². The number of sulfonamides is 1. The molecule has 1 rings (SSSR count). The highest BCUT2D eigenvalue weighted by atomic mass is 32.2. The SMILES string of the molecule is COC(=O)CCCS(=O)(=O)N1CC(C)NCC1C. The van der Waals surface area contributed by atoms with Crippen LogP contribution in [0, 0.1) is 0 Å². The van der Waals surface area contributed by atoms with Crippen LogP contribution >= 0.6 is 0 Å². The molecule has 1 fully saturated rings. The van der Waals surface area contributed by atoms with Crippen LogP contribution in [0.4, 0.5) is 0 Å². The number of esters is 1. The Bertz CT molecular complexity index is 383. The predicted octanol–water partition coefficient (Wildman–Crippen LogP) is -0.0484. The van der Waals surface area contributed by atoms with E-state index in [1.807, 2.05) is 13.8 Å². The normalized spacial score (nSPS) is 25.9. The smallest absolute Gasteiger partial charge is 0.305 e. The number of nitrogens with zero attached hydrogens (tertiary/aromatic N) is 1. The van der Waals surface area contributed by atoms with Gasteiger partial charge in [0.2, 0.25) is 10.0 Å². The van der Waals surface area contributed by atoms with Gasteiger partial charge in [0.1, 0.15) is 0 Å². The van der Waals surface area contributed by atoms with E-state index in [0.29, 0.717) is 19.5 Å². The van der Waals surface area contributed by atoms with Crippen LogP contribution in [0.25, 0.3) is 0 Å². The number of carbonyl (C=O) groups is 1. The van der Waals surface area contributed by atoms with E-state index in [0.717, 1.165) is 0 Å². The molecule has 0 saturated carbocycles. The summed E-state index contributed by atoms with van der Waals surface area (Å²) in [7, 11) is -1.98. The number of methoxy groups -OCH3 is 1. The molecule has 1 aliphatic rings. The second-order valence-electron chi connectivity index (χ2n) is 4.72. The van der Waals surface area contributed by atoms with Crippen molar-refractivity contribution < 1.29 is 17.9 Å². The van der Waals surface area contributed by atoms with Gasteiger partial charge in [-0.25, -0.2) is 8.42 Å². The minimum Gasteiger partial charge on any atom is -0.469 e. The van der Waals surface area contributed by atoms with Crippen LogP contribution in [0.15, 0.2) is 0 Å². The molecule has 1 aliphatic heterocycles. The number of carbonyl (C=O) groups excluding carboxylic acids is 1. The van der Waals surface area contributed by atoms with Crippen molar-refractivity contribution in [3.63, 3.8) is 0 Å². The Morgan fingerprint density at radius 3 is 2.72 bits per heavy atom. The van der Waals surface area contributed by atoms with Gasteiger partial charge < -0.3 is 10.1 Å². The number of hydrogen-bond acceptors (Lipinski definition) is 5. The van der Waals surface area contributed by atoms with Gasteiger partial charge in [0.05, 0.1) is 12.9 Å². The second kappa shape index (κ2) is 6.49. The lowest BCUT2D eigenvalue weighted by Gasteiger charge is -2.36. The highest BCUT2D eigenvalue weighted by molar-refractivity contribution is 7.89. The summed E-state index contributed by atoms with van der Waals surface area (Å²) in [5, 5.41) is 3.24. The summed E-state index contributed by atoms with van der Waals surface area (Å²) < 4.78 is 30.3. The molecule has 106 valence electrons. The largest absolute Gasteiger partial charge is 0.469 e. The molecule has 1 heterocycles. The first-order chi connectivity index (χ1) is 8.36. The maximum absolute atomic E-state index is 12.2. The Morgan fingerprint density at radius 2 is 2.11 bits per heavy atom. The summed E-state index contributed by atoms with van der Waals surface area (Å²) in [5.74, 6) is -0.369. The molecule has 7 heteroatoms. The zero-order valence-corrected chi connectivity index (χ0v) is 12.0. The van der Waals surface area contributed by atoms with Crippen molar-refractivity contribution in [2.75, 3.05) is 26.0 Å². The minimum absolute atomic E-state index is 0.000833. The van der Waals surface area contributed by atoms with E-state index in [2.05, 4.69) is 10.1 Å². The fourth-order valence-electron chi connectivity index (χ4n) is 1.99. The van der Waals surface area contributed by atoms with Crippen molar-refractivity contribution in [2.45, 2.75) is 38.8 Å².